The summed E-state index contributed by atoms with van der Waals surface area (Å²) in [4.78, 5) is 25.2. The summed E-state index contributed by atoms with van der Waals surface area (Å²) in [6, 6.07) is 0. The topological polar surface area (TPSA) is 55.8 Å². The first-order valence-electron chi connectivity index (χ1n) is 8.09. The highest BCUT2D eigenvalue weighted by molar-refractivity contribution is 5.82. The van der Waals surface area contributed by atoms with Gasteiger partial charge in [-0.2, -0.15) is 0 Å². The number of likely N-dealkylation sites (tertiary alicyclic amines) is 1. The Labute approximate surface area is 132 Å². The number of nitrogens with zero attached hydrogens (tertiary/aromatic N) is 1. The first kappa shape index (κ1) is 16.8. The van der Waals surface area contributed by atoms with Gasteiger partial charge in [0.15, 0.2) is 0 Å². The van der Waals surface area contributed by atoms with Crippen LogP contribution in [0.25, 0.3) is 0 Å². The second-order valence-electron chi connectivity index (χ2n) is 7.25. The molecule has 0 N–H and O–H groups in total. The third-order valence-electron chi connectivity index (χ3n) is 4.42. The summed E-state index contributed by atoms with van der Waals surface area (Å²) in [6.45, 7) is 9.33. The van der Waals surface area contributed by atoms with Gasteiger partial charge >= 0.3 is 12.1 Å². The minimum atomic E-state index is -0.448. The molecule has 0 bridgehead atoms. The summed E-state index contributed by atoms with van der Waals surface area (Å²) < 4.78 is 10.3. The zero-order valence-corrected chi connectivity index (χ0v) is 14.1. The molecule has 0 aromatic carbocycles. The van der Waals surface area contributed by atoms with Crippen molar-refractivity contribution in [2.45, 2.75) is 52.6 Å². The molecule has 0 aromatic heterocycles. The number of ether oxygens (including phenoxy) is 2. The van der Waals surface area contributed by atoms with Crippen LogP contribution in [-0.4, -0.2) is 42.3 Å². The molecule has 1 saturated carbocycles. The monoisotopic (exact) mass is 309 g/mol. The summed E-state index contributed by atoms with van der Waals surface area (Å²) in [5, 5.41) is 0. The van der Waals surface area contributed by atoms with E-state index in [1.54, 1.807) is 17.9 Å². The summed E-state index contributed by atoms with van der Waals surface area (Å²) in [5.74, 6) is 0.174. The first-order valence-corrected chi connectivity index (χ1v) is 8.09. The molecule has 1 unspecified atom stereocenters. The zero-order chi connectivity index (χ0) is 16.4. The van der Waals surface area contributed by atoms with Crippen LogP contribution in [0.15, 0.2) is 12.2 Å². The second kappa shape index (κ2) is 6.31. The number of amides is 1. The molecule has 0 radical (unpaired) electrons. The van der Waals surface area contributed by atoms with Gasteiger partial charge in [0.05, 0.1) is 6.61 Å². The van der Waals surface area contributed by atoms with Crippen LogP contribution in [0.1, 0.15) is 47.0 Å². The Morgan fingerprint density at radius 1 is 1.27 bits per heavy atom. The Balaban J connectivity index is 1.79. The maximum atomic E-state index is 12.0. The normalized spacial score (nSPS) is 23.6. The van der Waals surface area contributed by atoms with E-state index < -0.39 is 5.60 Å². The van der Waals surface area contributed by atoms with Crippen molar-refractivity contribution >= 4 is 12.1 Å². The highest BCUT2D eigenvalue weighted by Gasteiger charge is 2.53. The standard InChI is InChI=1S/C17H27NO4/c1-5-21-14(19)7-6-13-12-17(13)8-10-18(11-9-17)15(20)22-16(2,3)4/h6-7,13H,5,8-12H2,1-4H3. The predicted molar refractivity (Wildman–Crippen MR) is 83.4 cm³/mol. The lowest BCUT2D eigenvalue weighted by Gasteiger charge is -2.34. The smallest absolute Gasteiger partial charge is 0.410 e. The van der Waals surface area contributed by atoms with Crippen molar-refractivity contribution in [1.29, 1.82) is 0 Å². The van der Waals surface area contributed by atoms with Gasteiger partial charge in [-0.25, -0.2) is 9.59 Å². The Morgan fingerprint density at radius 3 is 2.45 bits per heavy atom. The molecule has 1 amide bonds. The number of piperidine rings is 1. The van der Waals surface area contributed by atoms with E-state index in [0.29, 0.717) is 12.5 Å². The van der Waals surface area contributed by atoms with Gasteiger partial charge in [0.25, 0.3) is 0 Å². The van der Waals surface area contributed by atoms with Gasteiger partial charge < -0.3 is 14.4 Å². The summed E-state index contributed by atoms with van der Waals surface area (Å²) >= 11 is 0. The van der Waals surface area contributed by atoms with Crippen LogP contribution in [0.5, 0.6) is 0 Å². The molecule has 1 aliphatic heterocycles. The minimum absolute atomic E-state index is 0.221. The quantitative estimate of drug-likeness (QED) is 0.593. The predicted octanol–water partition coefficient (Wildman–Crippen LogP) is 3.14. The number of esters is 1. The highest BCUT2D eigenvalue weighted by atomic mass is 16.6. The van der Waals surface area contributed by atoms with Crippen LogP contribution in [0.3, 0.4) is 0 Å². The van der Waals surface area contributed by atoms with E-state index >= 15 is 0 Å². The molecule has 0 aromatic rings. The molecule has 5 nitrogen and oxygen atoms in total. The van der Waals surface area contributed by atoms with E-state index in [1.807, 2.05) is 26.8 Å². The average Bonchev–Trinajstić information content (AvgIpc) is 3.08. The zero-order valence-electron chi connectivity index (χ0n) is 14.1. The molecule has 1 aliphatic carbocycles. The van der Waals surface area contributed by atoms with Gasteiger partial charge in [0.1, 0.15) is 5.60 Å². The highest BCUT2D eigenvalue weighted by Crippen LogP contribution is 2.60. The molecule has 2 rings (SSSR count). The van der Waals surface area contributed by atoms with E-state index in [-0.39, 0.29) is 17.5 Å². The van der Waals surface area contributed by atoms with E-state index in [4.69, 9.17) is 9.47 Å². The van der Waals surface area contributed by atoms with Gasteiger partial charge in [-0.1, -0.05) is 6.08 Å². The van der Waals surface area contributed by atoms with Crippen molar-refractivity contribution in [3.63, 3.8) is 0 Å². The Morgan fingerprint density at radius 2 is 1.91 bits per heavy atom. The van der Waals surface area contributed by atoms with Crippen molar-refractivity contribution < 1.29 is 19.1 Å². The molecular formula is C17H27NO4. The molecule has 2 aliphatic rings. The lowest BCUT2D eigenvalue weighted by molar-refractivity contribution is -0.137. The Kier molecular flexibility index (Phi) is 4.83. The average molecular weight is 309 g/mol. The van der Waals surface area contributed by atoms with Crippen molar-refractivity contribution in [3.05, 3.63) is 12.2 Å². The SMILES string of the molecule is CCOC(=O)C=CC1CC12CCN(C(=O)OC(C)(C)C)CC2. The molecule has 1 saturated heterocycles. The van der Waals surface area contributed by atoms with Gasteiger partial charge in [-0.05, 0) is 58.3 Å². The van der Waals surface area contributed by atoms with Crippen LogP contribution < -0.4 is 0 Å². The third-order valence-corrected chi connectivity index (χ3v) is 4.42. The summed E-state index contributed by atoms with van der Waals surface area (Å²) in [7, 11) is 0. The number of hydrogen-bond acceptors (Lipinski definition) is 4. The van der Waals surface area contributed by atoms with E-state index in [0.717, 1.165) is 32.4 Å². The van der Waals surface area contributed by atoms with Crippen LogP contribution in [-0.2, 0) is 14.3 Å². The van der Waals surface area contributed by atoms with E-state index in [2.05, 4.69) is 0 Å². The molecule has 124 valence electrons. The molecule has 1 spiro atoms. The molecule has 22 heavy (non-hydrogen) atoms. The van der Waals surface area contributed by atoms with E-state index in [1.165, 1.54) is 0 Å². The van der Waals surface area contributed by atoms with Crippen LogP contribution in [0.2, 0.25) is 0 Å². The Bertz CT molecular complexity index is 456. The largest absolute Gasteiger partial charge is 0.463 e. The van der Waals surface area contributed by atoms with Crippen molar-refractivity contribution in [1.82, 2.24) is 4.90 Å². The molecule has 5 heteroatoms. The molecule has 1 atom stereocenters. The van der Waals surface area contributed by atoms with E-state index in [9.17, 15) is 9.59 Å². The number of carbonyl (C=O) groups excluding carboxylic acids is 2. The second-order valence-corrected chi connectivity index (χ2v) is 7.25. The molecule has 1 heterocycles. The summed E-state index contributed by atoms with van der Waals surface area (Å²) in [5.41, 5.74) is -0.168. The fourth-order valence-electron chi connectivity index (χ4n) is 3.07. The number of carbonyl (C=O) groups is 2. The Hall–Kier alpha value is -1.52. The van der Waals surface area contributed by atoms with Gasteiger partial charge in [-0.15, -0.1) is 0 Å². The third kappa shape index (κ3) is 4.24. The summed E-state index contributed by atoms with van der Waals surface area (Å²) in [6.07, 6.45) is 6.35. The van der Waals surface area contributed by atoms with Gasteiger partial charge in [0, 0.05) is 19.2 Å². The van der Waals surface area contributed by atoms with Crippen LogP contribution >= 0.6 is 0 Å². The lowest BCUT2D eigenvalue weighted by Crippen LogP contribution is -2.42. The number of rotatable bonds is 3. The lowest BCUT2D eigenvalue weighted by atomic mass is 9.91. The number of allylic oxidation sites excluding steroid dienone is 1. The van der Waals surface area contributed by atoms with Crippen molar-refractivity contribution in [3.8, 4) is 0 Å². The molecular weight excluding hydrogens is 282 g/mol. The van der Waals surface area contributed by atoms with Gasteiger partial charge in [0.2, 0.25) is 0 Å². The first-order chi connectivity index (χ1) is 10.3. The molecule has 2 fully saturated rings. The fourth-order valence-corrected chi connectivity index (χ4v) is 3.07. The maximum absolute atomic E-state index is 12.0. The number of hydrogen-bond donors (Lipinski definition) is 0. The minimum Gasteiger partial charge on any atom is -0.463 e. The fraction of sp³-hybridized carbons (Fsp3) is 0.765. The van der Waals surface area contributed by atoms with Crippen LogP contribution in [0.4, 0.5) is 4.79 Å². The van der Waals surface area contributed by atoms with Crippen molar-refractivity contribution in [2.24, 2.45) is 11.3 Å². The van der Waals surface area contributed by atoms with Gasteiger partial charge in [-0.3, -0.25) is 0 Å². The van der Waals surface area contributed by atoms with Crippen molar-refractivity contribution in [2.75, 3.05) is 19.7 Å². The van der Waals surface area contributed by atoms with Crippen LogP contribution in [0, 0.1) is 11.3 Å². The maximum Gasteiger partial charge on any atom is 0.410 e.